The minimum Gasteiger partial charge on any atom is -0.330 e. The Balaban J connectivity index is 2.26. The van der Waals surface area contributed by atoms with Crippen LogP contribution in [0.3, 0.4) is 0 Å². The largest absolute Gasteiger partial charge is 0.330 e. The molecule has 100 valence electrons. The standard InChI is InChI=1S/C15H14BrClFN/c16-13-3-1-2-10(7-13)12(9-19)6-11-8-14(18)4-5-15(11)17/h1-5,7-8,12H,6,9,19H2. The second-order valence-corrected chi connectivity index (χ2v) is 5.75. The summed E-state index contributed by atoms with van der Waals surface area (Å²) in [4.78, 5) is 0. The molecule has 2 rings (SSSR count). The van der Waals surface area contributed by atoms with Crippen LogP contribution in [0, 0.1) is 5.82 Å². The first-order valence-corrected chi connectivity index (χ1v) is 7.16. The van der Waals surface area contributed by atoms with Crippen molar-refractivity contribution in [3.8, 4) is 0 Å². The lowest BCUT2D eigenvalue weighted by Gasteiger charge is -2.16. The van der Waals surface area contributed by atoms with Crippen molar-refractivity contribution in [1.29, 1.82) is 0 Å². The van der Waals surface area contributed by atoms with E-state index in [1.807, 2.05) is 24.3 Å². The van der Waals surface area contributed by atoms with E-state index >= 15 is 0 Å². The third kappa shape index (κ3) is 3.78. The average Bonchev–Trinajstić information content (AvgIpc) is 2.39. The zero-order valence-electron chi connectivity index (χ0n) is 10.2. The van der Waals surface area contributed by atoms with Crippen LogP contribution in [-0.4, -0.2) is 6.54 Å². The molecule has 2 N–H and O–H groups in total. The molecule has 0 aliphatic rings. The van der Waals surface area contributed by atoms with E-state index in [-0.39, 0.29) is 11.7 Å². The maximum atomic E-state index is 13.3. The average molecular weight is 343 g/mol. The van der Waals surface area contributed by atoms with Crippen LogP contribution in [-0.2, 0) is 6.42 Å². The van der Waals surface area contributed by atoms with Crippen molar-refractivity contribution in [1.82, 2.24) is 0 Å². The lowest BCUT2D eigenvalue weighted by atomic mass is 9.92. The van der Waals surface area contributed by atoms with Crippen molar-refractivity contribution < 1.29 is 4.39 Å². The SMILES string of the molecule is NCC(Cc1cc(F)ccc1Cl)c1cccc(Br)c1. The Labute approximate surface area is 125 Å². The van der Waals surface area contributed by atoms with E-state index < -0.39 is 0 Å². The molecule has 0 saturated carbocycles. The fourth-order valence-electron chi connectivity index (χ4n) is 2.06. The van der Waals surface area contributed by atoms with Crippen LogP contribution in [0.2, 0.25) is 5.02 Å². The first kappa shape index (κ1) is 14.5. The van der Waals surface area contributed by atoms with Crippen molar-refractivity contribution in [3.05, 3.63) is 68.9 Å². The molecule has 1 nitrogen and oxygen atoms in total. The van der Waals surface area contributed by atoms with Gasteiger partial charge >= 0.3 is 0 Å². The Bertz CT molecular complexity index is 574. The highest BCUT2D eigenvalue weighted by Crippen LogP contribution is 2.26. The number of hydrogen-bond donors (Lipinski definition) is 1. The smallest absolute Gasteiger partial charge is 0.123 e. The van der Waals surface area contributed by atoms with Crippen molar-refractivity contribution in [3.63, 3.8) is 0 Å². The molecule has 4 heteroatoms. The highest BCUT2D eigenvalue weighted by Gasteiger charge is 2.13. The Hall–Kier alpha value is -0.900. The fourth-order valence-corrected chi connectivity index (χ4v) is 2.67. The monoisotopic (exact) mass is 341 g/mol. The lowest BCUT2D eigenvalue weighted by Crippen LogP contribution is -2.15. The van der Waals surface area contributed by atoms with Gasteiger partial charge in [-0.05, 0) is 54.4 Å². The lowest BCUT2D eigenvalue weighted by molar-refractivity contribution is 0.621. The summed E-state index contributed by atoms with van der Waals surface area (Å²) in [5.74, 6) is -0.152. The van der Waals surface area contributed by atoms with Crippen LogP contribution >= 0.6 is 27.5 Å². The Morgan fingerprint density at radius 1 is 1.21 bits per heavy atom. The van der Waals surface area contributed by atoms with Crippen LogP contribution in [0.15, 0.2) is 46.9 Å². The van der Waals surface area contributed by atoms with Crippen molar-refractivity contribution in [2.24, 2.45) is 5.73 Å². The zero-order valence-corrected chi connectivity index (χ0v) is 12.6. The minimum absolute atomic E-state index is 0.122. The minimum atomic E-state index is -0.274. The summed E-state index contributed by atoms with van der Waals surface area (Å²) in [5, 5.41) is 0.579. The summed E-state index contributed by atoms with van der Waals surface area (Å²) in [6, 6.07) is 12.4. The Kier molecular flexibility index (Phi) is 4.97. The van der Waals surface area contributed by atoms with Crippen molar-refractivity contribution >= 4 is 27.5 Å². The first-order chi connectivity index (χ1) is 9.10. The summed E-state index contributed by atoms with van der Waals surface area (Å²) in [5.41, 5.74) is 7.75. The predicted molar refractivity (Wildman–Crippen MR) is 81.1 cm³/mol. The molecule has 0 radical (unpaired) electrons. The highest BCUT2D eigenvalue weighted by molar-refractivity contribution is 9.10. The molecule has 0 saturated heterocycles. The zero-order chi connectivity index (χ0) is 13.8. The third-order valence-corrected chi connectivity index (χ3v) is 3.94. The molecule has 0 aliphatic heterocycles. The summed E-state index contributed by atoms with van der Waals surface area (Å²) in [7, 11) is 0. The third-order valence-electron chi connectivity index (χ3n) is 3.08. The van der Waals surface area contributed by atoms with Gasteiger partial charge in [0.25, 0.3) is 0 Å². The van der Waals surface area contributed by atoms with Gasteiger partial charge in [-0.1, -0.05) is 39.7 Å². The summed E-state index contributed by atoms with van der Waals surface area (Å²) in [6.07, 6.45) is 0.629. The van der Waals surface area contributed by atoms with Crippen LogP contribution in [0.25, 0.3) is 0 Å². The number of rotatable bonds is 4. The van der Waals surface area contributed by atoms with E-state index in [4.69, 9.17) is 17.3 Å². The molecule has 1 unspecified atom stereocenters. The molecule has 0 spiro atoms. The Morgan fingerprint density at radius 3 is 2.68 bits per heavy atom. The normalized spacial score (nSPS) is 12.4. The molecule has 0 aliphatic carbocycles. The van der Waals surface area contributed by atoms with E-state index in [2.05, 4.69) is 15.9 Å². The van der Waals surface area contributed by atoms with E-state index in [0.29, 0.717) is 18.0 Å². The van der Waals surface area contributed by atoms with Gasteiger partial charge < -0.3 is 5.73 Å². The number of nitrogens with two attached hydrogens (primary N) is 1. The van der Waals surface area contributed by atoms with E-state index in [1.165, 1.54) is 12.1 Å². The first-order valence-electron chi connectivity index (χ1n) is 5.99. The molecule has 0 bridgehead atoms. The van der Waals surface area contributed by atoms with Crippen LogP contribution in [0.1, 0.15) is 17.0 Å². The summed E-state index contributed by atoms with van der Waals surface area (Å²) in [6.45, 7) is 0.489. The van der Waals surface area contributed by atoms with Crippen LogP contribution in [0.5, 0.6) is 0 Å². The molecule has 19 heavy (non-hydrogen) atoms. The van der Waals surface area contributed by atoms with Gasteiger partial charge in [0, 0.05) is 15.4 Å². The number of benzene rings is 2. The van der Waals surface area contributed by atoms with Crippen molar-refractivity contribution in [2.45, 2.75) is 12.3 Å². The maximum absolute atomic E-state index is 13.3. The van der Waals surface area contributed by atoms with Gasteiger partial charge in [-0.25, -0.2) is 4.39 Å². The molecule has 2 aromatic rings. The van der Waals surface area contributed by atoms with Crippen molar-refractivity contribution in [2.75, 3.05) is 6.54 Å². The van der Waals surface area contributed by atoms with Gasteiger partial charge in [0.1, 0.15) is 5.82 Å². The summed E-state index contributed by atoms with van der Waals surface area (Å²) >= 11 is 9.54. The molecule has 0 fully saturated rings. The van der Waals surface area contributed by atoms with E-state index in [0.717, 1.165) is 15.6 Å². The maximum Gasteiger partial charge on any atom is 0.123 e. The molecule has 2 aromatic carbocycles. The molecule has 0 aromatic heterocycles. The topological polar surface area (TPSA) is 26.0 Å². The second kappa shape index (κ2) is 6.51. The van der Waals surface area contributed by atoms with E-state index in [1.54, 1.807) is 6.07 Å². The molecule has 1 atom stereocenters. The van der Waals surface area contributed by atoms with Gasteiger partial charge in [-0.2, -0.15) is 0 Å². The van der Waals surface area contributed by atoms with E-state index in [9.17, 15) is 4.39 Å². The summed E-state index contributed by atoms with van der Waals surface area (Å²) < 4.78 is 14.3. The van der Waals surface area contributed by atoms with Gasteiger partial charge in [0.2, 0.25) is 0 Å². The molecular formula is C15H14BrClFN. The second-order valence-electron chi connectivity index (χ2n) is 4.43. The highest BCUT2D eigenvalue weighted by atomic mass is 79.9. The van der Waals surface area contributed by atoms with Gasteiger partial charge in [0.05, 0.1) is 0 Å². The number of halogens is 3. The van der Waals surface area contributed by atoms with Gasteiger partial charge in [-0.3, -0.25) is 0 Å². The Morgan fingerprint density at radius 2 is 2.00 bits per heavy atom. The number of hydrogen-bond acceptors (Lipinski definition) is 1. The molecule has 0 amide bonds. The molecular weight excluding hydrogens is 329 g/mol. The van der Waals surface area contributed by atoms with Gasteiger partial charge in [-0.15, -0.1) is 0 Å². The predicted octanol–water partition coefficient (Wildman–Crippen LogP) is 4.53. The van der Waals surface area contributed by atoms with Crippen LogP contribution < -0.4 is 5.73 Å². The molecule has 0 heterocycles. The van der Waals surface area contributed by atoms with Crippen LogP contribution in [0.4, 0.5) is 4.39 Å². The fraction of sp³-hybridized carbons (Fsp3) is 0.200. The quantitative estimate of drug-likeness (QED) is 0.868. The van der Waals surface area contributed by atoms with Gasteiger partial charge in [0.15, 0.2) is 0 Å².